The van der Waals surface area contributed by atoms with Gasteiger partial charge in [0.1, 0.15) is 0 Å². The molecule has 0 bridgehead atoms. The van der Waals surface area contributed by atoms with Crippen LogP contribution in [0.1, 0.15) is 47.3 Å². The van der Waals surface area contributed by atoms with Crippen molar-refractivity contribution in [2.24, 2.45) is 0 Å². The maximum atomic E-state index is 13.6. The van der Waals surface area contributed by atoms with Gasteiger partial charge in [-0.1, -0.05) is 91.9 Å². The van der Waals surface area contributed by atoms with Gasteiger partial charge in [0, 0.05) is 11.5 Å². The summed E-state index contributed by atoms with van der Waals surface area (Å²) in [5, 5.41) is 0. The highest BCUT2D eigenvalue weighted by Gasteiger charge is 2.28. The molecule has 3 aromatic carbocycles. The van der Waals surface area contributed by atoms with Crippen molar-refractivity contribution in [2.45, 2.75) is 25.0 Å². The lowest BCUT2D eigenvalue weighted by atomic mass is 9.80. The summed E-state index contributed by atoms with van der Waals surface area (Å²) < 4.78 is 11.2. The third-order valence-electron chi connectivity index (χ3n) is 5.28. The van der Waals surface area contributed by atoms with Gasteiger partial charge in [-0.2, -0.15) is 0 Å². The molecule has 0 amide bonds. The number of Topliss-reactive ketones (excluding diaryl/α,β-unsaturated/α-hetero) is 1. The van der Waals surface area contributed by atoms with Gasteiger partial charge in [-0.15, -0.1) is 0 Å². The second-order valence-electron chi connectivity index (χ2n) is 7.12. The van der Waals surface area contributed by atoms with E-state index in [1.807, 2.05) is 91.9 Å². The predicted molar refractivity (Wildman–Crippen MR) is 109 cm³/mol. The van der Waals surface area contributed by atoms with Crippen LogP contribution >= 0.6 is 0 Å². The van der Waals surface area contributed by atoms with Crippen LogP contribution in [-0.2, 0) is 14.3 Å². The Morgan fingerprint density at radius 2 is 1.32 bits per heavy atom. The first-order chi connectivity index (χ1) is 13.7. The van der Waals surface area contributed by atoms with Crippen molar-refractivity contribution in [3.05, 3.63) is 107 Å². The smallest absolute Gasteiger partial charge is 0.184 e. The van der Waals surface area contributed by atoms with Crippen LogP contribution in [0.5, 0.6) is 0 Å². The van der Waals surface area contributed by atoms with E-state index in [9.17, 15) is 4.79 Å². The molecule has 1 saturated heterocycles. The number of rotatable bonds is 6. The van der Waals surface area contributed by atoms with Crippen LogP contribution in [0, 0.1) is 0 Å². The van der Waals surface area contributed by atoms with Crippen molar-refractivity contribution in [1.29, 1.82) is 0 Å². The Morgan fingerprint density at radius 3 is 1.89 bits per heavy atom. The van der Waals surface area contributed by atoms with Crippen LogP contribution in [0.15, 0.2) is 84.9 Å². The zero-order valence-corrected chi connectivity index (χ0v) is 16.0. The molecule has 0 spiro atoms. The molecule has 28 heavy (non-hydrogen) atoms. The van der Waals surface area contributed by atoms with Crippen molar-refractivity contribution < 1.29 is 14.3 Å². The Morgan fingerprint density at radius 1 is 0.786 bits per heavy atom. The van der Waals surface area contributed by atoms with Gasteiger partial charge in [-0.05, 0) is 16.7 Å². The van der Waals surface area contributed by atoms with Crippen molar-refractivity contribution in [2.75, 3.05) is 13.2 Å². The molecule has 0 radical (unpaired) electrons. The number of benzene rings is 3. The SMILES string of the molecule is CC(C(=O)C(c1ccccc1)c1ccccc1)c1cccc(C2OCCO2)c1. The number of ketones is 1. The van der Waals surface area contributed by atoms with E-state index in [0.29, 0.717) is 13.2 Å². The van der Waals surface area contributed by atoms with Crippen molar-refractivity contribution >= 4 is 5.78 Å². The van der Waals surface area contributed by atoms with E-state index in [1.165, 1.54) is 0 Å². The first-order valence-electron chi connectivity index (χ1n) is 9.71. The molecule has 0 aliphatic carbocycles. The first-order valence-corrected chi connectivity index (χ1v) is 9.71. The number of hydrogen-bond acceptors (Lipinski definition) is 3. The van der Waals surface area contributed by atoms with E-state index in [1.54, 1.807) is 0 Å². The van der Waals surface area contributed by atoms with Gasteiger partial charge in [-0.3, -0.25) is 4.79 Å². The molecule has 3 heteroatoms. The minimum absolute atomic E-state index is 0.183. The maximum Gasteiger partial charge on any atom is 0.184 e. The Balaban J connectivity index is 1.66. The molecule has 0 saturated carbocycles. The molecule has 0 aromatic heterocycles. The quantitative estimate of drug-likeness (QED) is 0.594. The summed E-state index contributed by atoms with van der Waals surface area (Å²) in [6.45, 7) is 3.19. The van der Waals surface area contributed by atoms with Gasteiger partial charge in [0.05, 0.1) is 19.1 Å². The highest BCUT2D eigenvalue weighted by Crippen LogP contribution is 2.33. The summed E-state index contributed by atoms with van der Waals surface area (Å²) >= 11 is 0. The standard InChI is InChI=1S/C25H24O3/c1-18(21-13-8-14-22(17-21)25-27-15-16-28-25)24(26)23(19-9-4-2-5-10-19)20-11-6-3-7-12-20/h2-14,17-18,23,25H,15-16H2,1H3. The highest BCUT2D eigenvalue weighted by molar-refractivity contribution is 5.94. The summed E-state index contributed by atoms with van der Waals surface area (Å²) in [6.07, 6.45) is -0.332. The molecule has 1 heterocycles. The van der Waals surface area contributed by atoms with E-state index in [4.69, 9.17) is 9.47 Å². The zero-order valence-electron chi connectivity index (χ0n) is 16.0. The molecule has 1 aliphatic heterocycles. The van der Waals surface area contributed by atoms with Crippen molar-refractivity contribution in [3.63, 3.8) is 0 Å². The summed E-state index contributed by atoms with van der Waals surface area (Å²) in [6, 6.07) is 28.0. The second-order valence-corrected chi connectivity index (χ2v) is 7.12. The molecule has 1 aliphatic rings. The molecular weight excluding hydrogens is 348 g/mol. The van der Waals surface area contributed by atoms with E-state index in [2.05, 4.69) is 0 Å². The third kappa shape index (κ3) is 3.91. The monoisotopic (exact) mass is 372 g/mol. The van der Waals surface area contributed by atoms with Gasteiger partial charge in [0.25, 0.3) is 0 Å². The molecule has 3 nitrogen and oxygen atoms in total. The molecular formula is C25H24O3. The highest BCUT2D eigenvalue weighted by atomic mass is 16.7. The van der Waals surface area contributed by atoms with Crippen LogP contribution in [0.4, 0.5) is 0 Å². The molecule has 0 N–H and O–H groups in total. The Hall–Kier alpha value is -2.75. The molecule has 3 aromatic rings. The minimum atomic E-state index is -0.332. The summed E-state index contributed by atoms with van der Waals surface area (Å²) in [5.41, 5.74) is 3.98. The Kier molecular flexibility index (Phi) is 5.65. The van der Waals surface area contributed by atoms with E-state index >= 15 is 0 Å². The number of ether oxygens (including phenoxy) is 2. The zero-order chi connectivity index (χ0) is 19.3. The third-order valence-corrected chi connectivity index (χ3v) is 5.28. The second kappa shape index (κ2) is 8.51. The maximum absolute atomic E-state index is 13.6. The van der Waals surface area contributed by atoms with Crippen LogP contribution in [0.2, 0.25) is 0 Å². The van der Waals surface area contributed by atoms with Crippen LogP contribution in [-0.4, -0.2) is 19.0 Å². The fourth-order valence-electron chi connectivity index (χ4n) is 3.75. The Bertz CT molecular complexity index is 875. The van der Waals surface area contributed by atoms with E-state index in [-0.39, 0.29) is 23.9 Å². The lowest BCUT2D eigenvalue weighted by molar-refractivity contribution is -0.120. The van der Waals surface area contributed by atoms with Crippen LogP contribution in [0.3, 0.4) is 0 Å². The van der Waals surface area contributed by atoms with Crippen LogP contribution in [0.25, 0.3) is 0 Å². The van der Waals surface area contributed by atoms with Crippen molar-refractivity contribution in [3.8, 4) is 0 Å². The number of carbonyl (C=O) groups excluding carboxylic acids is 1. The van der Waals surface area contributed by atoms with Crippen LogP contribution < -0.4 is 0 Å². The van der Waals surface area contributed by atoms with E-state index < -0.39 is 0 Å². The Labute approximate surface area is 165 Å². The summed E-state index contributed by atoms with van der Waals surface area (Å²) in [4.78, 5) is 13.6. The molecule has 1 unspecified atom stereocenters. The largest absolute Gasteiger partial charge is 0.346 e. The molecule has 1 fully saturated rings. The van der Waals surface area contributed by atoms with Gasteiger partial charge in [-0.25, -0.2) is 0 Å². The molecule has 1 atom stereocenters. The topological polar surface area (TPSA) is 35.5 Å². The minimum Gasteiger partial charge on any atom is -0.346 e. The lowest BCUT2D eigenvalue weighted by Gasteiger charge is -2.22. The normalized spacial score (nSPS) is 15.6. The fraction of sp³-hybridized carbons (Fsp3) is 0.240. The average Bonchev–Trinajstić information content (AvgIpc) is 3.30. The van der Waals surface area contributed by atoms with Crippen molar-refractivity contribution in [1.82, 2.24) is 0 Å². The molecule has 4 rings (SSSR count). The van der Waals surface area contributed by atoms with Gasteiger partial charge >= 0.3 is 0 Å². The summed E-state index contributed by atoms with van der Waals surface area (Å²) in [7, 11) is 0. The van der Waals surface area contributed by atoms with Gasteiger partial charge < -0.3 is 9.47 Å². The van der Waals surface area contributed by atoms with Gasteiger partial charge in [0.2, 0.25) is 0 Å². The van der Waals surface area contributed by atoms with Gasteiger partial charge in [0.15, 0.2) is 12.1 Å². The number of carbonyl (C=O) groups is 1. The molecule has 142 valence electrons. The first kappa shape index (κ1) is 18.6. The number of hydrogen-bond donors (Lipinski definition) is 0. The fourth-order valence-corrected chi connectivity index (χ4v) is 3.75. The lowest BCUT2D eigenvalue weighted by Crippen LogP contribution is -2.20. The summed E-state index contributed by atoms with van der Waals surface area (Å²) in [5.74, 6) is -0.352. The average molecular weight is 372 g/mol. The van der Waals surface area contributed by atoms with E-state index in [0.717, 1.165) is 22.3 Å². The predicted octanol–water partition coefficient (Wildman–Crippen LogP) is 5.24.